The van der Waals surface area contributed by atoms with Crippen LogP contribution in [0.15, 0.2) is 28.8 Å². The number of thioether (sulfide) groups is 1. The van der Waals surface area contributed by atoms with Gasteiger partial charge >= 0.3 is 18.0 Å². The molecule has 0 bridgehead atoms. The zero-order chi connectivity index (χ0) is 28.4. The number of nitrogens with zero attached hydrogens (tertiary/aromatic N) is 1. The van der Waals surface area contributed by atoms with E-state index in [9.17, 15) is 29.1 Å². The van der Waals surface area contributed by atoms with Gasteiger partial charge in [0, 0.05) is 24.9 Å². The van der Waals surface area contributed by atoms with Gasteiger partial charge in [-0.1, -0.05) is 35.3 Å². The summed E-state index contributed by atoms with van der Waals surface area (Å²) in [7, 11) is 0. The first-order valence-corrected chi connectivity index (χ1v) is 13.2. The Morgan fingerprint density at radius 1 is 1.18 bits per heavy atom. The molecule has 1 aromatic rings. The predicted octanol–water partition coefficient (Wildman–Crippen LogP) is 3.21. The van der Waals surface area contributed by atoms with Crippen LogP contribution in [0.3, 0.4) is 0 Å². The highest BCUT2D eigenvalue weighted by Gasteiger charge is 2.58. The average molecular weight is 588 g/mol. The Labute approximate surface area is 233 Å². The summed E-state index contributed by atoms with van der Waals surface area (Å²) in [5.41, 5.74) is -1.46. The van der Waals surface area contributed by atoms with E-state index < -0.39 is 52.3 Å². The van der Waals surface area contributed by atoms with Gasteiger partial charge < -0.3 is 24.8 Å². The molecule has 1 aromatic carbocycles. The Bertz CT molecular complexity index is 1180. The van der Waals surface area contributed by atoms with Crippen LogP contribution in [0, 0.1) is 5.41 Å². The van der Waals surface area contributed by atoms with Crippen LogP contribution in [0.25, 0.3) is 5.57 Å². The number of β-lactam (4-membered cyclic amide) rings is 1. The minimum Gasteiger partial charge on any atom is -0.481 e. The predicted molar refractivity (Wildman–Crippen MR) is 142 cm³/mol. The fourth-order valence-corrected chi connectivity index (χ4v) is 5.74. The summed E-state index contributed by atoms with van der Waals surface area (Å²) in [6, 6.07) is 5.18. The Morgan fingerprint density at radius 2 is 1.82 bits per heavy atom. The molecule has 3 rings (SSSR count). The molecule has 2 unspecified atom stereocenters. The largest absolute Gasteiger partial charge is 0.481 e. The molecule has 38 heavy (non-hydrogen) atoms. The monoisotopic (exact) mass is 587 g/mol. The van der Waals surface area contributed by atoms with E-state index in [4.69, 9.17) is 32.7 Å². The maximum atomic E-state index is 13.1. The molecule has 2 heterocycles. The van der Waals surface area contributed by atoms with Crippen LogP contribution < -0.4 is 10.6 Å². The van der Waals surface area contributed by atoms with E-state index in [-0.39, 0.29) is 29.0 Å². The zero-order valence-corrected chi connectivity index (χ0v) is 23.3. The van der Waals surface area contributed by atoms with Gasteiger partial charge in [0.05, 0.1) is 5.57 Å². The van der Waals surface area contributed by atoms with E-state index >= 15 is 0 Å². The molecule has 2 fully saturated rings. The lowest BCUT2D eigenvalue weighted by Gasteiger charge is -2.53. The maximum absolute atomic E-state index is 13.1. The van der Waals surface area contributed by atoms with Crippen molar-refractivity contribution in [2.24, 2.45) is 5.41 Å². The summed E-state index contributed by atoms with van der Waals surface area (Å²) in [6.45, 7) is 5.84. The molecule has 3 N–H and O–H groups in total. The van der Waals surface area contributed by atoms with Gasteiger partial charge in [-0.3, -0.25) is 24.5 Å². The standard InChI is InChI=1S/C24H27Cl2N3O8S/c1-12(30)36-10-24(21(33)34)9-29-19(32)16(20(29)38-11-24)28-18(31)15(17(25)26)13-5-7-14(8-6-13)27-22(35)37-23(2,3)4/h5-8,16,20H,9-11H2,1-4H3,(H,27,35)(H,28,31)(H,33,34)/t16?,20-,24?/m1/s1. The second-order valence-corrected chi connectivity index (χ2v) is 11.9. The molecule has 0 aliphatic carbocycles. The topological polar surface area (TPSA) is 151 Å². The van der Waals surface area contributed by atoms with Crippen molar-refractivity contribution in [3.8, 4) is 0 Å². The van der Waals surface area contributed by atoms with Crippen LogP contribution in [-0.2, 0) is 28.7 Å². The number of halogens is 2. The van der Waals surface area contributed by atoms with Crippen LogP contribution in [-0.4, -0.2) is 75.8 Å². The molecule has 0 radical (unpaired) electrons. The molecule has 2 aliphatic rings. The van der Waals surface area contributed by atoms with E-state index in [0.717, 1.165) is 0 Å². The highest BCUT2D eigenvalue weighted by Crippen LogP contribution is 2.42. The van der Waals surface area contributed by atoms with E-state index in [1.807, 2.05) is 0 Å². The molecule has 0 aromatic heterocycles. The van der Waals surface area contributed by atoms with Gasteiger partial charge in [0.25, 0.3) is 5.91 Å². The van der Waals surface area contributed by atoms with Crippen molar-refractivity contribution in [3.05, 3.63) is 34.3 Å². The summed E-state index contributed by atoms with van der Waals surface area (Å²) in [6.07, 6.45) is -0.646. The van der Waals surface area contributed by atoms with Gasteiger partial charge in [-0.25, -0.2) is 4.79 Å². The van der Waals surface area contributed by atoms with Crippen molar-refractivity contribution in [3.63, 3.8) is 0 Å². The SMILES string of the molecule is CC(=O)OCC1(C(=O)O)CS[C@@H]2C(NC(=O)C(=C(Cl)Cl)c3ccc(NC(=O)OC(C)(C)C)cc3)C(=O)N2C1. The van der Waals surface area contributed by atoms with Crippen molar-refractivity contribution >= 4 is 76.1 Å². The molecule has 11 nitrogen and oxygen atoms in total. The summed E-state index contributed by atoms with van der Waals surface area (Å²) >= 11 is 13.2. The van der Waals surface area contributed by atoms with Crippen LogP contribution in [0.4, 0.5) is 10.5 Å². The summed E-state index contributed by atoms with van der Waals surface area (Å²) in [5.74, 6) is -2.92. The van der Waals surface area contributed by atoms with E-state index in [1.165, 1.54) is 47.9 Å². The van der Waals surface area contributed by atoms with Gasteiger partial charge in [0.1, 0.15) is 33.5 Å². The van der Waals surface area contributed by atoms with Crippen LogP contribution in [0.2, 0.25) is 0 Å². The Kier molecular flexibility index (Phi) is 8.89. The number of carboxylic acids is 1. The molecule has 2 saturated heterocycles. The third-order valence-corrected chi connectivity index (χ3v) is 7.64. The molecule has 14 heteroatoms. The number of anilines is 1. The number of rotatable bonds is 7. The molecule has 3 atom stereocenters. The second kappa shape index (κ2) is 11.4. The van der Waals surface area contributed by atoms with Gasteiger partial charge in [0.2, 0.25) is 5.91 Å². The van der Waals surface area contributed by atoms with Crippen LogP contribution in [0.1, 0.15) is 33.3 Å². The molecule has 206 valence electrons. The molecule has 0 saturated carbocycles. The average Bonchev–Trinajstić information content (AvgIpc) is 2.80. The van der Waals surface area contributed by atoms with E-state index in [2.05, 4.69) is 10.6 Å². The van der Waals surface area contributed by atoms with Crippen molar-refractivity contribution in [2.45, 2.75) is 44.7 Å². The smallest absolute Gasteiger partial charge is 0.412 e. The lowest BCUT2D eigenvalue weighted by atomic mass is 9.88. The number of ether oxygens (including phenoxy) is 2. The summed E-state index contributed by atoms with van der Waals surface area (Å²) in [4.78, 5) is 62.3. The zero-order valence-electron chi connectivity index (χ0n) is 21.0. The summed E-state index contributed by atoms with van der Waals surface area (Å²) < 4.78 is 9.80. The first-order chi connectivity index (χ1) is 17.6. The third-order valence-electron chi connectivity index (χ3n) is 5.67. The van der Waals surface area contributed by atoms with Gasteiger partial charge in [0.15, 0.2) is 0 Å². The number of hydrogen-bond donors (Lipinski definition) is 3. The highest BCUT2D eigenvalue weighted by atomic mass is 35.5. The molecule has 0 spiro atoms. The molecule has 3 amide bonds. The number of carbonyl (C=O) groups excluding carboxylic acids is 4. The van der Waals surface area contributed by atoms with Crippen molar-refractivity contribution in [1.82, 2.24) is 10.2 Å². The number of fused-ring (bicyclic) bond motifs is 1. The van der Waals surface area contributed by atoms with Gasteiger partial charge in [-0.05, 0) is 38.5 Å². The highest BCUT2D eigenvalue weighted by molar-refractivity contribution is 8.00. The fourth-order valence-electron chi connectivity index (χ4n) is 3.83. The van der Waals surface area contributed by atoms with Crippen molar-refractivity contribution < 1.29 is 38.6 Å². The maximum Gasteiger partial charge on any atom is 0.412 e. The first-order valence-electron chi connectivity index (χ1n) is 11.4. The normalized spacial score (nSPS) is 22.4. The number of nitrogens with one attached hydrogen (secondary N) is 2. The number of amides is 3. The molecular formula is C24H27Cl2N3O8S. The fraction of sp³-hybridized carbons (Fsp3) is 0.458. The second-order valence-electron chi connectivity index (χ2n) is 9.82. The van der Waals surface area contributed by atoms with Gasteiger partial charge in [-0.15, -0.1) is 11.8 Å². The third kappa shape index (κ3) is 6.72. The number of carboxylic acid groups (broad SMARTS) is 1. The Morgan fingerprint density at radius 3 is 2.34 bits per heavy atom. The number of aliphatic carboxylic acids is 1. The summed E-state index contributed by atoms with van der Waals surface area (Å²) in [5, 5.41) is 14.4. The first kappa shape index (κ1) is 29.6. The molecule has 2 aliphatic heterocycles. The minimum absolute atomic E-state index is 0.0709. The van der Waals surface area contributed by atoms with Gasteiger partial charge in [-0.2, -0.15) is 0 Å². The number of carbonyl (C=O) groups is 5. The molecular weight excluding hydrogens is 561 g/mol. The Balaban J connectivity index is 1.67. The van der Waals surface area contributed by atoms with E-state index in [1.54, 1.807) is 20.8 Å². The quantitative estimate of drug-likeness (QED) is 0.248. The van der Waals surface area contributed by atoms with E-state index in [0.29, 0.717) is 11.3 Å². The number of esters is 1. The number of hydrogen-bond acceptors (Lipinski definition) is 8. The van der Waals surface area contributed by atoms with Crippen LogP contribution in [0.5, 0.6) is 0 Å². The number of benzene rings is 1. The minimum atomic E-state index is -1.45. The lowest BCUT2D eigenvalue weighted by Crippen LogP contribution is -2.74. The van der Waals surface area contributed by atoms with Crippen molar-refractivity contribution in [2.75, 3.05) is 24.2 Å². The lowest BCUT2D eigenvalue weighted by molar-refractivity contribution is -0.164. The Hall–Kier alpha value is -2.96. The van der Waals surface area contributed by atoms with Crippen molar-refractivity contribution in [1.29, 1.82) is 0 Å². The van der Waals surface area contributed by atoms with Crippen LogP contribution >= 0.6 is 35.0 Å².